The number of ether oxygens (including phenoxy) is 2. The standard InChI is InChI=1S/C46H91N3O5S4/c1-7-10-12-14-16-18-38-55-57-40-36-53-35-22-31-48(33-25-45(51)42-43(4)5)29-20-27-47(6)28-21-30-49(32-24-44(50)23-9-3)34-26-46(52)54-37-41-58-56-39-19-17-15-13-11-8-2/h43H,7-42H2,1-6H3. The van der Waals surface area contributed by atoms with E-state index in [9.17, 15) is 14.4 Å². The minimum atomic E-state index is -0.141. The lowest BCUT2D eigenvalue weighted by atomic mass is 10.1. The van der Waals surface area contributed by atoms with Gasteiger partial charge in [0.05, 0.1) is 13.0 Å². The topological polar surface area (TPSA) is 79.4 Å². The predicted octanol–water partition coefficient (Wildman–Crippen LogP) is 11.9. The summed E-state index contributed by atoms with van der Waals surface area (Å²) in [6.45, 7) is 19.8. The number of Topliss-reactive ketones (excluding diaryl/α,β-unsaturated/α-hetero) is 2. The first-order valence-corrected chi connectivity index (χ1v) is 28.6. The fraction of sp³-hybridized carbons (Fsp3) is 0.935. The number of hydrogen-bond acceptors (Lipinski definition) is 12. The number of carbonyl (C=O) groups excluding carboxylic acids is 3. The zero-order valence-corrected chi connectivity index (χ0v) is 41.8. The molecule has 0 radical (unpaired) electrons. The largest absolute Gasteiger partial charge is 0.465 e. The molecule has 0 bridgehead atoms. The minimum Gasteiger partial charge on any atom is -0.465 e. The van der Waals surface area contributed by atoms with Gasteiger partial charge < -0.3 is 24.2 Å². The van der Waals surface area contributed by atoms with Crippen molar-refractivity contribution in [3.05, 3.63) is 0 Å². The third-order valence-electron chi connectivity index (χ3n) is 10.1. The molecule has 0 spiro atoms. The number of rotatable bonds is 47. The molecule has 8 nitrogen and oxygen atoms in total. The zero-order valence-electron chi connectivity index (χ0n) is 38.5. The van der Waals surface area contributed by atoms with Gasteiger partial charge in [0.1, 0.15) is 18.2 Å². The molecule has 0 fully saturated rings. The van der Waals surface area contributed by atoms with Crippen LogP contribution in [0.25, 0.3) is 0 Å². The summed E-state index contributed by atoms with van der Waals surface area (Å²) in [7, 11) is 9.81. The van der Waals surface area contributed by atoms with Crippen molar-refractivity contribution in [3.63, 3.8) is 0 Å². The molecular weight excluding hydrogens is 803 g/mol. The van der Waals surface area contributed by atoms with Crippen molar-refractivity contribution in [1.82, 2.24) is 14.7 Å². The van der Waals surface area contributed by atoms with Crippen LogP contribution in [0, 0.1) is 5.92 Å². The second-order valence-electron chi connectivity index (χ2n) is 16.4. The molecule has 0 aliphatic carbocycles. The first-order chi connectivity index (χ1) is 28.2. The maximum absolute atomic E-state index is 12.6. The number of esters is 1. The molecule has 0 saturated carbocycles. The number of hydrogen-bond donors (Lipinski definition) is 0. The Morgan fingerprint density at radius 2 is 0.948 bits per heavy atom. The fourth-order valence-electron chi connectivity index (χ4n) is 6.65. The van der Waals surface area contributed by atoms with Crippen molar-refractivity contribution in [2.24, 2.45) is 5.92 Å². The van der Waals surface area contributed by atoms with E-state index in [1.54, 1.807) is 10.8 Å². The molecule has 0 N–H and O–H groups in total. The van der Waals surface area contributed by atoms with Crippen LogP contribution in [0.15, 0.2) is 0 Å². The van der Waals surface area contributed by atoms with E-state index in [1.165, 1.54) is 88.6 Å². The smallest absolute Gasteiger partial charge is 0.307 e. The minimum absolute atomic E-state index is 0.141. The molecule has 0 amide bonds. The van der Waals surface area contributed by atoms with E-state index < -0.39 is 0 Å². The van der Waals surface area contributed by atoms with Crippen LogP contribution in [-0.4, -0.2) is 134 Å². The molecular formula is C46H91N3O5S4. The lowest BCUT2D eigenvalue weighted by Crippen LogP contribution is -2.34. The molecule has 0 aromatic heterocycles. The first-order valence-electron chi connectivity index (χ1n) is 23.6. The van der Waals surface area contributed by atoms with Gasteiger partial charge in [-0.3, -0.25) is 14.4 Å². The lowest BCUT2D eigenvalue weighted by molar-refractivity contribution is -0.143. The SMILES string of the molecule is CCCCCCCCSSCCOCCCN(CCCN(C)CCCN(CCC(=O)CCC)CCC(=O)OCCSSCCCCCCCC)CCC(=O)CC(C)C. The van der Waals surface area contributed by atoms with Gasteiger partial charge in [0.2, 0.25) is 0 Å². The van der Waals surface area contributed by atoms with Crippen LogP contribution in [0.5, 0.6) is 0 Å². The van der Waals surface area contributed by atoms with E-state index in [1.807, 2.05) is 39.3 Å². The Bertz CT molecular complexity index is 936. The quantitative estimate of drug-likeness (QED) is 0.0332. The van der Waals surface area contributed by atoms with Gasteiger partial charge in [-0.05, 0) is 77.7 Å². The summed E-state index contributed by atoms with van der Waals surface area (Å²) < 4.78 is 11.5. The predicted molar refractivity (Wildman–Crippen MR) is 261 cm³/mol. The van der Waals surface area contributed by atoms with Gasteiger partial charge in [0.25, 0.3) is 0 Å². The monoisotopic (exact) mass is 894 g/mol. The normalized spacial score (nSPS) is 11.8. The van der Waals surface area contributed by atoms with Crippen LogP contribution in [0.1, 0.15) is 169 Å². The summed E-state index contributed by atoms with van der Waals surface area (Å²) >= 11 is 0. The first kappa shape index (κ1) is 58.0. The highest BCUT2D eigenvalue weighted by Gasteiger charge is 2.14. The molecule has 0 atom stereocenters. The second-order valence-corrected chi connectivity index (χ2v) is 21.8. The maximum Gasteiger partial charge on any atom is 0.307 e. The van der Waals surface area contributed by atoms with Crippen molar-refractivity contribution >= 4 is 60.7 Å². The molecule has 0 heterocycles. The van der Waals surface area contributed by atoms with Crippen LogP contribution in [0.4, 0.5) is 0 Å². The summed E-state index contributed by atoms with van der Waals surface area (Å²) in [6.07, 6.45) is 22.8. The highest BCUT2D eigenvalue weighted by Crippen LogP contribution is 2.24. The van der Waals surface area contributed by atoms with E-state index >= 15 is 0 Å². The summed E-state index contributed by atoms with van der Waals surface area (Å²) in [4.78, 5) is 44.6. The summed E-state index contributed by atoms with van der Waals surface area (Å²) in [5.74, 6) is 5.21. The van der Waals surface area contributed by atoms with Crippen LogP contribution >= 0.6 is 43.2 Å². The van der Waals surface area contributed by atoms with Crippen molar-refractivity contribution < 1.29 is 23.9 Å². The third-order valence-corrected chi connectivity index (χ3v) is 15.0. The number of carbonyl (C=O) groups is 3. The average Bonchev–Trinajstić information content (AvgIpc) is 3.19. The molecule has 0 aromatic carbocycles. The number of unbranched alkanes of at least 4 members (excludes halogenated alkanes) is 10. The average molecular weight is 895 g/mol. The second kappa shape index (κ2) is 45.1. The Morgan fingerprint density at radius 1 is 0.466 bits per heavy atom. The van der Waals surface area contributed by atoms with E-state index in [0.29, 0.717) is 69.3 Å². The molecule has 0 aromatic rings. The Kier molecular flexibility index (Phi) is 45.1. The number of nitrogens with zero attached hydrogens (tertiary/aromatic N) is 3. The van der Waals surface area contributed by atoms with Crippen molar-refractivity contribution in [2.45, 2.75) is 169 Å². The molecule has 0 rings (SSSR count). The Labute approximate surface area is 374 Å². The molecule has 0 saturated heterocycles. The molecule has 0 aliphatic rings. The summed E-state index contributed by atoms with van der Waals surface area (Å²) in [5, 5.41) is 0. The summed E-state index contributed by atoms with van der Waals surface area (Å²) in [5.41, 5.74) is 0. The maximum atomic E-state index is 12.6. The van der Waals surface area contributed by atoms with Gasteiger partial charge in [0.15, 0.2) is 0 Å². The van der Waals surface area contributed by atoms with E-state index in [-0.39, 0.29) is 5.97 Å². The Balaban J connectivity index is 4.50. The lowest BCUT2D eigenvalue weighted by Gasteiger charge is -2.25. The van der Waals surface area contributed by atoms with Gasteiger partial charge >= 0.3 is 5.97 Å². The highest BCUT2D eigenvalue weighted by atomic mass is 33.1. The zero-order chi connectivity index (χ0) is 42.7. The van der Waals surface area contributed by atoms with Crippen LogP contribution in [0.2, 0.25) is 0 Å². The van der Waals surface area contributed by atoms with Gasteiger partial charge in [-0.25, -0.2) is 0 Å². The molecule has 0 unspecified atom stereocenters. The molecule has 58 heavy (non-hydrogen) atoms. The molecule has 12 heteroatoms. The molecule has 0 aliphatic heterocycles. The van der Waals surface area contributed by atoms with Gasteiger partial charge in [-0.1, -0.05) is 142 Å². The number of ketones is 2. The van der Waals surface area contributed by atoms with Gasteiger partial charge in [-0.2, -0.15) is 0 Å². The Morgan fingerprint density at radius 3 is 1.52 bits per heavy atom. The van der Waals surface area contributed by atoms with Crippen molar-refractivity contribution in [2.75, 3.05) is 102 Å². The van der Waals surface area contributed by atoms with E-state index in [2.05, 4.69) is 49.4 Å². The van der Waals surface area contributed by atoms with Crippen LogP contribution < -0.4 is 0 Å². The van der Waals surface area contributed by atoms with E-state index in [0.717, 1.165) is 89.7 Å². The summed E-state index contributed by atoms with van der Waals surface area (Å²) in [6, 6.07) is 0. The Hall–Kier alpha value is 0.0500. The fourth-order valence-corrected chi connectivity index (χ4v) is 10.6. The van der Waals surface area contributed by atoms with Crippen LogP contribution in [0.3, 0.4) is 0 Å². The van der Waals surface area contributed by atoms with Gasteiger partial charge in [-0.15, -0.1) is 0 Å². The van der Waals surface area contributed by atoms with Crippen molar-refractivity contribution in [1.29, 1.82) is 0 Å². The molecule has 344 valence electrons. The van der Waals surface area contributed by atoms with E-state index in [4.69, 9.17) is 9.47 Å². The van der Waals surface area contributed by atoms with Gasteiger partial charge in [0, 0.05) is 81.5 Å². The van der Waals surface area contributed by atoms with Crippen molar-refractivity contribution in [3.8, 4) is 0 Å². The highest BCUT2D eigenvalue weighted by molar-refractivity contribution is 8.77. The van der Waals surface area contributed by atoms with Crippen LogP contribution in [-0.2, 0) is 23.9 Å². The third kappa shape index (κ3) is 42.7.